The van der Waals surface area contributed by atoms with Gasteiger partial charge in [0.15, 0.2) is 0 Å². The second kappa shape index (κ2) is 6.24. The molecule has 1 nitrogen and oxygen atoms in total. The maximum atomic E-state index is 3.75. The molecule has 0 spiro atoms. The van der Waals surface area contributed by atoms with Gasteiger partial charge in [-0.25, -0.2) is 0 Å². The Hall–Kier alpha value is -2.06. The van der Waals surface area contributed by atoms with Crippen LogP contribution in [-0.2, 0) is 10.8 Å². The summed E-state index contributed by atoms with van der Waals surface area (Å²) in [6.07, 6.45) is 0. The van der Waals surface area contributed by atoms with E-state index in [9.17, 15) is 0 Å². The smallest absolute Gasteiger partial charge is 0.0502 e. The Morgan fingerprint density at radius 3 is 1.81 bits per heavy atom. The second-order valence-corrected chi connectivity index (χ2v) is 9.86. The topological polar surface area (TPSA) is 3.24 Å². The van der Waals surface area contributed by atoms with Crippen LogP contribution in [0.15, 0.2) is 71.2 Å². The Labute approximate surface area is 171 Å². The summed E-state index contributed by atoms with van der Waals surface area (Å²) in [6, 6.07) is 24.4. The van der Waals surface area contributed by atoms with Crippen molar-refractivity contribution < 1.29 is 0 Å². The minimum Gasteiger partial charge on any atom is -0.310 e. The van der Waals surface area contributed by atoms with Crippen molar-refractivity contribution in [3.8, 4) is 0 Å². The summed E-state index contributed by atoms with van der Waals surface area (Å²) < 4.78 is 1.12. The Balaban J connectivity index is 2.02. The van der Waals surface area contributed by atoms with E-state index in [1.165, 1.54) is 33.8 Å². The zero-order valence-electron chi connectivity index (χ0n) is 16.7. The number of nitrogens with zero attached hydrogens (tertiary/aromatic N) is 1. The number of benzene rings is 3. The number of anilines is 3. The number of para-hydroxylation sites is 2. The summed E-state index contributed by atoms with van der Waals surface area (Å²) >= 11 is 3.75. The van der Waals surface area contributed by atoms with E-state index in [-0.39, 0.29) is 10.8 Å². The number of rotatable bonds is 1. The first kappa shape index (κ1) is 18.3. The summed E-state index contributed by atoms with van der Waals surface area (Å²) in [5, 5.41) is 0. The lowest BCUT2D eigenvalue weighted by atomic mass is 9.73. The largest absolute Gasteiger partial charge is 0.310 e. The molecular weight excluding hydrogens is 394 g/mol. The van der Waals surface area contributed by atoms with Crippen molar-refractivity contribution in [2.75, 3.05) is 4.90 Å². The number of hydrogen-bond acceptors (Lipinski definition) is 1. The van der Waals surface area contributed by atoms with Gasteiger partial charge in [-0.05, 0) is 52.4 Å². The van der Waals surface area contributed by atoms with Crippen LogP contribution >= 0.6 is 15.9 Å². The molecule has 0 radical (unpaired) electrons. The fourth-order valence-corrected chi connectivity index (χ4v) is 4.56. The van der Waals surface area contributed by atoms with Crippen LogP contribution in [0.1, 0.15) is 51.3 Å². The van der Waals surface area contributed by atoms with Gasteiger partial charge in [-0.1, -0.05) is 86.9 Å². The van der Waals surface area contributed by atoms with Crippen LogP contribution in [0.3, 0.4) is 0 Å². The quantitative estimate of drug-likeness (QED) is 0.387. The Bertz CT molecular complexity index is 961. The minimum absolute atomic E-state index is 0.0252. The molecule has 1 aliphatic heterocycles. The van der Waals surface area contributed by atoms with Crippen LogP contribution < -0.4 is 4.90 Å². The molecule has 0 fully saturated rings. The van der Waals surface area contributed by atoms with E-state index in [0.717, 1.165) is 4.47 Å². The molecule has 138 valence electrons. The van der Waals surface area contributed by atoms with Gasteiger partial charge >= 0.3 is 0 Å². The molecule has 4 rings (SSSR count). The fraction of sp³-hybridized carbons (Fsp3) is 0.280. The molecular formula is C25H26BrN. The highest BCUT2D eigenvalue weighted by atomic mass is 79.9. The lowest BCUT2D eigenvalue weighted by molar-refractivity contribution is 0.589. The minimum atomic E-state index is -0.0252. The van der Waals surface area contributed by atoms with Gasteiger partial charge in [-0.15, -0.1) is 0 Å². The van der Waals surface area contributed by atoms with E-state index in [1.807, 2.05) is 0 Å². The maximum absolute atomic E-state index is 3.75. The van der Waals surface area contributed by atoms with E-state index in [4.69, 9.17) is 0 Å². The SMILES string of the molecule is CC(C)(C)c1cc(Br)cc(N2c3ccccc3C(C)(C)c3ccccc32)c1. The van der Waals surface area contributed by atoms with Gasteiger partial charge in [-0.3, -0.25) is 0 Å². The van der Waals surface area contributed by atoms with Gasteiger partial charge in [0.25, 0.3) is 0 Å². The Morgan fingerprint density at radius 1 is 0.778 bits per heavy atom. The number of hydrogen-bond donors (Lipinski definition) is 0. The van der Waals surface area contributed by atoms with Crippen LogP contribution in [-0.4, -0.2) is 0 Å². The molecule has 1 heterocycles. The normalized spacial score (nSPS) is 15.3. The molecule has 0 aromatic heterocycles. The van der Waals surface area contributed by atoms with Gasteiger partial charge < -0.3 is 4.90 Å². The predicted molar refractivity (Wildman–Crippen MR) is 120 cm³/mol. The molecule has 3 aromatic rings. The summed E-state index contributed by atoms with van der Waals surface area (Å²) in [5.74, 6) is 0. The summed E-state index contributed by atoms with van der Waals surface area (Å²) in [7, 11) is 0. The van der Waals surface area contributed by atoms with Crippen molar-refractivity contribution in [1.82, 2.24) is 0 Å². The van der Waals surface area contributed by atoms with E-state index >= 15 is 0 Å². The highest BCUT2D eigenvalue weighted by molar-refractivity contribution is 9.10. The third-order valence-corrected chi connectivity index (χ3v) is 6.10. The van der Waals surface area contributed by atoms with Crippen LogP contribution in [0, 0.1) is 0 Å². The van der Waals surface area contributed by atoms with Crippen molar-refractivity contribution >= 4 is 33.0 Å². The van der Waals surface area contributed by atoms with Gasteiger partial charge in [0.1, 0.15) is 0 Å². The van der Waals surface area contributed by atoms with Gasteiger partial charge in [0, 0.05) is 15.6 Å². The summed E-state index contributed by atoms with van der Waals surface area (Å²) in [5.41, 5.74) is 7.84. The van der Waals surface area contributed by atoms with E-state index in [1.54, 1.807) is 0 Å². The second-order valence-electron chi connectivity index (χ2n) is 8.94. The first-order chi connectivity index (χ1) is 12.7. The van der Waals surface area contributed by atoms with Crippen molar-refractivity contribution in [3.05, 3.63) is 87.9 Å². The van der Waals surface area contributed by atoms with E-state index in [0.29, 0.717) is 0 Å². The lowest BCUT2D eigenvalue weighted by Crippen LogP contribution is -2.30. The average Bonchev–Trinajstić information content (AvgIpc) is 2.61. The summed E-state index contributed by atoms with van der Waals surface area (Å²) in [4.78, 5) is 2.41. The molecule has 0 N–H and O–H groups in total. The molecule has 1 aliphatic rings. The van der Waals surface area contributed by atoms with Crippen molar-refractivity contribution in [1.29, 1.82) is 0 Å². The van der Waals surface area contributed by atoms with Crippen molar-refractivity contribution in [2.45, 2.75) is 45.4 Å². The van der Waals surface area contributed by atoms with E-state index in [2.05, 4.69) is 122 Å². The van der Waals surface area contributed by atoms with Crippen molar-refractivity contribution in [2.24, 2.45) is 0 Å². The standard InChI is InChI=1S/C25H26BrN/c1-24(2,3)17-14-18(26)16-19(15-17)27-22-12-8-6-10-20(22)25(4,5)21-11-7-9-13-23(21)27/h6-16H,1-5H3. The fourth-order valence-electron chi connectivity index (χ4n) is 4.08. The Morgan fingerprint density at radius 2 is 1.30 bits per heavy atom. The van der Waals surface area contributed by atoms with Gasteiger partial charge in [-0.2, -0.15) is 0 Å². The molecule has 0 saturated heterocycles. The average molecular weight is 420 g/mol. The van der Waals surface area contributed by atoms with Crippen LogP contribution in [0.4, 0.5) is 17.1 Å². The maximum Gasteiger partial charge on any atom is 0.0502 e. The molecule has 0 amide bonds. The lowest BCUT2D eigenvalue weighted by Gasteiger charge is -2.42. The third-order valence-electron chi connectivity index (χ3n) is 5.64. The summed E-state index contributed by atoms with van der Waals surface area (Å²) in [6.45, 7) is 11.4. The molecule has 3 aromatic carbocycles. The zero-order valence-corrected chi connectivity index (χ0v) is 18.3. The molecule has 0 unspecified atom stereocenters. The third kappa shape index (κ3) is 3.00. The Kier molecular flexibility index (Phi) is 4.23. The molecule has 0 atom stereocenters. The van der Waals surface area contributed by atoms with Gasteiger partial charge in [0.05, 0.1) is 11.4 Å². The monoisotopic (exact) mass is 419 g/mol. The zero-order chi connectivity index (χ0) is 19.4. The molecule has 27 heavy (non-hydrogen) atoms. The van der Waals surface area contributed by atoms with E-state index < -0.39 is 0 Å². The molecule has 0 aliphatic carbocycles. The highest BCUT2D eigenvalue weighted by Gasteiger charge is 2.36. The van der Waals surface area contributed by atoms with Gasteiger partial charge in [0.2, 0.25) is 0 Å². The predicted octanol–water partition coefficient (Wildman–Crippen LogP) is 7.86. The highest BCUT2D eigenvalue weighted by Crippen LogP contribution is 2.52. The first-order valence-electron chi connectivity index (χ1n) is 9.50. The van der Waals surface area contributed by atoms with Crippen LogP contribution in [0.25, 0.3) is 0 Å². The number of halogens is 1. The molecule has 0 saturated carbocycles. The first-order valence-corrected chi connectivity index (χ1v) is 10.3. The van der Waals surface area contributed by atoms with Crippen molar-refractivity contribution in [3.63, 3.8) is 0 Å². The molecule has 2 heteroatoms. The molecule has 0 bridgehead atoms. The van der Waals surface area contributed by atoms with Crippen LogP contribution in [0.2, 0.25) is 0 Å². The van der Waals surface area contributed by atoms with Crippen LogP contribution in [0.5, 0.6) is 0 Å². The number of fused-ring (bicyclic) bond motifs is 2.